The quantitative estimate of drug-likeness (QED) is 0.353. The molecule has 8 heteroatoms. The summed E-state index contributed by atoms with van der Waals surface area (Å²) in [4.78, 5) is 33.2. The number of carboxylic acid groups (broad SMARTS) is 1. The van der Waals surface area contributed by atoms with Gasteiger partial charge < -0.3 is 25.4 Å². The SMILES string of the molecule is O=C(CCCNC(=O)[C@H](O)[C@H](O)C(=O)O)OCc1ccccc1. The number of aliphatic hydroxyl groups is 2. The summed E-state index contributed by atoms with van der Waals surface area (Å²) in [6.07, 6.45) is -3.93. The average Bonchev–Trinajstić information content (AvgIpc) is 2.56. The van der Waals surface area contributed by atoms with Crippen LogP contribution in [0.3, 0.4) is 0 Å². The van der Waals surface area contributed by atoms with Crippen LogP contribution in [-0.2, 0) is 25.7 Å². The van der Waals surface area contributed by atoms with E-state index in [-0.39, 0.29) is 26.0 Å². The van der Waals surface area contributed by atoms with Gasteiger partial charge in [-0.2, -0.15) is 0 Å². The van der Waals surface area contributed by atoms with Crippen molar-refractivity contribution >= 4 is 17.8 Å². The standard InChI is InChI=1S/C15H19NO7/c17-11(23-9-10-5-2-1-3-6-10)7-4-8-16-14(20)12(18)13(19)15(21)22/h1-3,5-6,12-13,18-19H,4,7-9H2,(H,16,20)(H,21,22)/t12-,13+/m1/s1. The summed E-state index contributed by atoms with van der Waals surface area (Å²) >= 11 is 0. The monoisotopic (exact) mass is 325 g/mol. The number of carboxylic acids is 1. The van der Waals surface area contributed by atoms with E-state index in [0.717, 1.165) is 5.56 Å². The third-order valence-corrected chi connectivity index (χ3v) is 2.92. The van der Waals surface area contributed by atoms with E-state index in [1.54, 1.807) is 0 Å². The number of hydrogen-bond donors (Lipinski definition) is 4. The molecule has 0 saturated heterocycles. The van der Waals surface area contributed by atoms with Crippen LogP contribution in [0.15, 0.2) is 30.3 Å². The zero-order valence-electron chi connectivity index (χ0n) is 12.3. The fourth-order valence-corrected chi connectivity index (χ4v) is 1.64. The van der Waals surface area contributed by atoms with Crippen molar-refractivity contribution in [2.75, 3.05) is 6.54 Å². The Morgan fingerprint density at radius 2 is 1.74 bits per heavy atom. The Morgan fingerprint density at radius 1 is 1.09 bits per heavy atom. The van der Waals surface area contributed by atoms with Crippen molar-refractivity contribution < 1.29 is 34.4 Å². The molecule has 0 bridgehead atoms. The van der Waals surface area contributed by atoms with Gasteiger partial charge in [0.05, 0.1) is 0 Å². The Bertz CT molecular complexity index is 532. The fourth-order valence-electron chi connectivity index (χ4n) is 1.64. The molecule has 0 aliphatic heterocycles. The molecule has 0 aromatic heterocycles. The summed E-state index contributed by atoms with van der Waals surface area (Å²) in [6, 6.07) is 9.15. The molecule has 0 fully saturated rings. The smallest absolute Gasteiger partial charge is 0.335 e. The molecule has 0 saturated carbocycles. The predicted octanol–water partition coefficient (Wildman–Crippen LogP) is -0.567. The van der Waals surface area contributed by atoms with Crippen LogP contribution >= 0.6 is 0 Å². The van der Waals surface area contributed by atoms with Crippen LogP contribution in [0, 0.1) is 0 Å². The highest BCUT2D eigenvalue weighted by atomic mass is 16.5. The fraction of sp³-hybridized carbons (Fsp3) is 0.400. The van der Waals surface area contributed by atoms with E-state index in [4.69, 9.17) is 14.9 Å². The van der Waals surface area contributed by atoms with Crippen molar-refractivity contribution in [3.05, 3.63) is 35.9 Å². The first-order valence-corrected chi connectivity index (χ1v) is 6.98. The van der Waals surface area contributed by atoms with Gasteiger partial charge in [-0.1, -0.05) is 30.3 Å². The van der Waals surface area contributed by atoms with Crippen LogP contribution < -0.4 is 5.32 Å². The van der Waals surface area contributed by atoms with Crippen molar-refractivity contribution in [2.45, 2.75) is 31.7 Å². The van der Waals surface area contributed by atoms with Crippen LogP contribution in [0.2, 0.25) is 0 Å². The minimum Gasteiger partial charge on any atom is -0.479 e. The van der Waals surface area contributed by atoms with Gasteiger partial charge in [-0.05, 0) is 12.0 Å². The number of carbonyl (C=O) groups excluding carboxylic acids is 2. The number of rotatable bonds is 9. The van der Waals surface area contributed by atoms with Gasteiger partial charge in [-0.15, -0.1) is 0 Å². The van der Waals surface area contributed by atoms with E-state index in [9.17, 15) is 19.5 Å². The number of nitrogens with one attached hydrogen (secondary N) is 1. The van der Waals surface area contributed by atoms with Crippen LogP contribution in [0.5, 0.6) is 0 Å². The molecule has 4 N–H and O–H groups in total. The van der Waals surface area contributed by atoms with Crippen molar-refractivity contribution in [1.82, 2.24) is 5.32 Å². The number of ether oxygens (including phenoxy) is 1. The molecule has 1 amide bonds. The lowest BCUT2D eigenvalue weighted by molar-refractivity contribution is -0.158. The summed E-state index contributed by atoms with van der Waals surface area (Å²) < 4.78 is 5.03. The predicted molar refractivity (Wildman–Crippen MR) is 78.1 cm³/mol. The third-order valence-electron chi connectivity index (χ3n) is 2.92. The molecule has 0 unspecified atom stereocenters. The van der Waals surface area contributed by atoms with Crippen molar-refractivity contribution in [1.29, 1.82) is 0 Å². The molecule has 0 radical (unpaired) electrons. The number of benzene rings is 1. The third kappa shape index (κ3) is 6.90. The van der Waals surface area contributed by atoms with Gasteiger partial charge >= 0.3 is 11.9 Å². The molecular weight excluding hydrogens is 306 g/mol. The minimum absolute atomic E-state index is 0.0443. The largest absolute Gasteiger partial charge is 0.479 e. The Kier molecular flexibility index (Phi) is 7.72. The molecule has 23 heavy (non-hydrogen) atoms. The molecule has 126 valence electrons. The highest BCUT2D eigenvalue weighted by molar-refractivity contribution is 5.87. The van der Waals surface area contributed by atoms with Gasteiger partial charge in [-0.25, -0.2) is 4.79 Å². The van der Waals surface area contributed by atoms with Gasteiger partial charge in [-0.3, -0.25) is 9.59 Å². The normalized spacial score (nSPS) is 13.0. The van der Waals surface area contributed by atoms with Crippen molar-refractivity contribution in [2.24, 2.45) is 0 Å². The summed E-state index contributed by atoms with van der Waals surface area (Å²) in [5, 5.41) is 28.9. The van der Waals surface area contributed by atoms with Crippen LogP contribution in [0.1, 0.15) is 18.4 Å². The first-order valence-electron chi connectivity index (χ1n) is 6.98. The van der Waals surface area contributed by atoms with E-state index < -0.39 is 30.1 Å². The summed E-state index contributed by atoms with van der Waals surface area (Å²) in [5.74, 6) is -3.15. The second-order valence-electron chi connectivity index (χ2n) is 4.77. The average molecular weight is 325 g/mol. The van der Waals surface area contributed by atoms with Crippen LogP contribution in [-0.4, -0.2) is 51.9 Å². The molecule has 0 spiro atoms. The minimum atomic E-state index is -2.19. The lowest BCUT2D eigenvalue weighted by atomic mass is 10.2. The maximum Gasteiger partial charge on any atom is 0.335 e. The lowest BCUT2D eigenvalue weighted by Crippen LogP contribution is -2.45. The van der Waals surface area contributed by atoms with E-state index in [0.29, 0.717) is 0 Å². The van der Waals surface area contributed by atoms with Crippen LogP contribution in [0.25, 0.3) is 0 Å². The number of esters is 1. The molecule has 1 rings (SSSR count). The number of aliphatic hydroxyl groups excluding tert-OH is 2. The van der Waals surface area contributed by atoms with E-state index >= 15 is 0 Å². The first kappa shape index (κ1) is 18.6. The summed E-state index contributed by atoms with van der Waals surface area (Å²) in [5.41, 5.74) is 0.861. The van der Waals surface area contributed by atoms with Gasteiger partial charge in [0.2, 0.25) is 0 Å². The molecule has 2 atom stereocenters. The van der Waals surface area contributed by atoms with Gasteiger partial charge in [0, 0.05) is 13.0 Å². The molecule has 1 aromatic carbocycles. The molecular formula is C15H19NO7. The Labute approximate surface area is 132 Å². The zero-order valence-corrected chi connectivity index (χ0v) is 12.3. The zero-order chi connectivity index (χ0) is 17.2. The van der Waals surface area contributed by atoms with Crippen LogP contribution in [0.4, 0.5) is 0 Å². The van der Waals surface area contributed by atoms with E-state index in [1.807, 2.05) is 30.3 Å². The molecule has 0 heterocycles. The van der Waals surface area contributed by atoms with Gasteiger partial charge in [0.15, 0.2) is 12.2 Å². The Hall–Kier alpha value is -2.45. The number of aliphatic carboxylic acids is 1. The second kappa shape index (κ2) is 9.54. The highest BCUT2D eigenvalue weighted by Gasteiger charge is 2.29. The molecule has 1 aromatic rings. The number of amides is 1. The topological polar surface area (TPSA) is 133 Å². The number of hydrogen-bond acceptors (Lipinski definition) is 6. The van der Waals surface area contributed by atoms with Crippen molar-refractivity contribution in [3.63, 3.8) is 0 Å². The lowest BCUT2D eigenvalue weighted by Gasteiger charge is -2.13. The van der Waals surface area contributed by atoms with Gasteiger partial charge in [0.25, 0.3) is 5.91 Å². The Morgan fingerprint density at radius 3 is 2.35 bits per heavy atom. The summed E-state index contributed by atoms with van der Waals surface area (Å²) in [6.45, 7) is 0.207. The van der Waals surface area contributed by atoms with E-state index in [2.05, 4.69) is 5.32 Å². The van der Waals surface area contributed by atoms with E-state index in [1.165, 1.54) is 0 Å². The van der Waals surface area contributed by atoms with Gasteiger partial charge in [0.1, 0.15) is 6.61 Å². The van der Waals surface area contributed by atoms with Crippen molar-refractivity contribution in [3.8, 4) is 0 Å². The highest BCUT2D eigenvalue weighted by Crippen LogP contribution is 2.02. The maximum absolute atomic E-state index is 11.5. The first-order chi connectivity index (χ1) is 10.9. The molecule has 8 nitrogen and oxygen atoms in total. The maximum atomic E-state index is 11.5. The number of carbonyl (C=O) groups is 3. The molecule has 0 aliphatic rings. The Balaban J connectivity index is 2.17. The summed E-state index contributed by atoms with van der Waals surface area (Å²) in [7, 11) is 0. The molecule has 0 aliphatic carbocycles. The second-order valence-corrected chi connectivity index (χ2v) is 4.77.